The van der Waals surface area contributed by atoms with Gasteiger partial charge < -0.3 is 29.9 Å². The van der Waals surface area contributed by atoms with Crippen LogP contribution >= 0.6 is 27.5 Å². The van der Waals surface area contributed by atoms with Crippen molar-refractivity contribution in [3.8, 4) is 5.75 Å². The monoisotopic (exact) mass is 628 g/mol. The standard InChI is InChI=1S/C30H34BrClN4O4/c1-5-6-15-30(31)34-26(27(29(38)39)36(30)17-20-7-13-24(40-4)14-8-20)25(21-9-11-22(32)12-10-21)33-23-16-19(2)28(37)35(3)18-23/h7-14,16,18,25,33-34H,5-6,15,17H2,1-4H3,(H,38,39). The van der Waals surface area contributed by atoms with Gasteiger partial charge in [0.25, 0.3) is 5.56 Å². The molecule has 0 saturated carbocycles. The van der Waals surface area contributed by atoms with E-state index in [2.05, 4.69) is 33.5 Å². The summed E-state index contributed by atoms with van der Waals surface area (Å²) in [6.45, 7) is 4.21. The van der Waals surface area contributed by atoms with Crippen LogP contribution in [0.15, 0.2) is 77.0 Å². The number of carboxylic acid groups (broad SMARTS) is 1. The molecule has 40 heavy (non-hydrogen) atoms. The number of alkyl halides is 1. The van der Waals surface area contributed by atoms with Gasteiger partial charge in [-0.2, -0.15) is 0 Å². The van der Waals surface area contributed by atoms with Crippen LogP contribution < -0.4 is 20.9 Å². The van der Waals surface area contributed by atoms with Crippen LogP contribution in [-0.2, 0) is 18.4 Å². The number of carbonyl (C=O) groups is 1. The molecule has 0 spiro atoms. The number of rotatable bonds is 11. The molecule has 0 amide bonds. The van der Waals surface area contributed by atoms with Crippen LogP contribution in [0.4, 0.5) is 5.69 Å². The first-order chi connectivity index (χ1) is 19.1. The van der Waals surface area contributed by atoms with Gasteiger partial charge in [0.1, 0.15) is 11.4 Å². The van der Waals surface area contributed by atoms with Gasteiger partial charge in [-0.15, -0.1) is 0 Å². The summed E-state index contributed by atoms with van der Waals surface area (Å²) in [7, 11) is 3.31. The Labute approximate surface area is 247 Å². The fraction of sp³-hybridized carbons (Fsp3) is 0.333. The number of aromatic nitrogens is 1. The molecule has 2 atom stereocenters. The molecule has 2 heterocycles. The molecule has 2 unspecified atom stereocenters. The van der Waals surface area contributed by atoms with Crippen molar-refractivity contribution in [3.05, 3.63) is 104 Å². The highest BCUT2D eigenvalue weighted by Gasteiger charge is 2.47. The molecular weight excluding hydrogens is 596 g/mol. The van der Waals surface area contributed by atoms with Gasteiger partial charge in [0.15, 0.2) is 4.57 Å². The Morgan fingerprint density at radius 1 is 1.20 bits per heavy atom. The smallest absolute Gasteiger partial charge is 0.354 e. The number of unbranched alkanes of at least 4 members (excludes halogenated alkanes) is 1. The lowest BCUT2D eigenvalue weighted by Gasteiger charge is -2.36. The summed E-state index contributed by atoms with van der Waals surface area (Å²) < 4.78 is 5.98. The summed E-state index contributed by atoms with van der Waals surface area (Å²) in [5.41, 5.74) is 3.57. The lowest BCUT2D eigenvalue weighted by Crippen LogP contribution is -2.48. The van der Waals surface area contributed by atoms with Crippen molar-refractivity contribution in [2.75, 3.05) is 12.4 Å². The Bertz CT molecular complexity index is 1430. The van der Waals surface area contributed by atoms with E-state index in [1.54, 1.807) is 45.5 Å². The van der Waals surface area contributed by atoms with Crippen LogP contribution in [0.5, 0.6) is 5.75 Å². The molecule has 212 valence electrons. The lowest BCUT2D eigenvalue weighted by atomic mass is 10.0. The number of aliphatic carboxylic acids is 1. The molecule has 3 N–H and O–H groups in total. The summed E-state index contributed by atoms with van der Waals surface area (Å²) in [5.74, 6) is -0.320. The zero-order valence-electron chi connectivity index (χ0n) is 23.0. The second kappa shape index (κ2) is 12.4. The highest BCUT2D eigenvalue weighted by atomic mass is 79.9. The number of hydrogen-bond donors (Lipinski definition) is 3. The molecule has 1 aromatic heterocycles. The van der Waals surface area contributed by atoms with Crippen molar-refractivity contribution < 1.29 is 14.6 Å². The second-order valence-corrected chi connectivity index (χ2v) is 11.7. The third kappa shape index (κ3) is 6.31. The van der Waals surface area contributed by atoms with Crippen molar-refractivity contribution in [1.82, 2.24) is 14.8 Å². The lowest BCUT2D eigenvalue weighted by molar-refractivity contribution is -0.134. The molecule has 4 rings (SSSR count). The van der Waals surface area contributed by atoms with E-state index in [0.29, 0.717) is 34.9 Å². The Balaban J connectivity index is 1.86. The number of ether oxygens (including phenoxy) is 1. The number of methoxy groups -OCH3 is 1. The van der Waals surface area contributed by atoms with Crippen LogP contribution in [0.25, 0.3) is 0 Å². The molecule has 0 radical (unpaired) electrons. The predicted molar refractivity (Wildman–Crippen MR) is 162 cm³/mol. The number of halogens is 2. The normalized spacial score (nSPS) is 17.5. The maximum absolute atomic E-state index is 13.0. The van der Waals surface area contributed by atoms with Crippen LogP contribution in [0, 0.1) is 6.92 Å². The molecule has 0 aliphatic carbocycles. The number of aryl methyl sites for hydroxylation is 2. The minimum atomic E-state index is -1.05. The highest BCUT2D eigenvalue weighted by Crippen LogP contribution is 2.43. The molecule has 2 aromatic carbocycles. The summed E-state index contributed by atoms with van der Waals surface area (Å²) in [5, 5.41) is 18.2. The number of pyridine rings is 1. The van der Waals surface area contributed by atoms with Gasteiger partial charge in [0.05, 0.1) is 24.5 Å². The van der Waals surface area contributed by atoms with Crippen molar-refractivity contribution in [1.29, 1.82) is 0 Å². The first-order valence-corrected chi connectivity index (χ1v) is 14.3. The topological polar surface area (TPSA) is 95.8 Å². The van der Waals surface area contributed by atoms with E-state index in [1.165, 1.54) is 4.57 Å². The summed E-state index contributed by atoms with van der Waals surface area (Å²) in [6, 6.07) is 16.1. The Morgan fingerprint density at radius 3 is 2.45 bits per heavy atom. The molecule has 0 fully saturated rings. The number of nitrogens with one attached hydrogen (secondary N) is 2. The molecule has 8 nitrogen and oxygen atoms in total. The van der Waals surface area contributed by atoms with E-state index >= 15 is 0 Å². The first-order valence-electron chi connectivity index (χ1n) is 13.1. The fourth-order valence-electron chi connectivity index (χ4n) is 4.92. The van der Waals surface area contributed by atoms with E-state index in [4.69, 9.17) is 16.3 Å². The Kier molecular flexibility index (Phi) is 9.15. The Hall–Kier alpha value is -3.43. The maximum Gasteiger partial charge on any atom is 0.354 e. The van der Waals surface area contributed by atoms with Gasteiger partial charge in [-0.05, 0) is 77.2 Å². The van der Waals surface area contributed by atoms with Crippen molar-refractivity contribution in [2.24, 2.45) is 7.05 Å². The summed E-state index contributed by atoms with van der Waals surface area (Å²) >= 11 is 10.1. The van der Waals surface area contributed by atoms with Crippen molar-refractivity contribution in [2.45, 2.75) is 50.3 Å². The van der Waals surface area contributed by atoms with Crippen molar-refractivity contribution in [3.63, 3.8) is 0 Å². The number of benzene rings is 2. The first kappa shape index (κ1) is 29.6. The Morgan fingerprint density at radius 2 is 1.88 bits per heavy atom. The maximum atomic E-state index is 13.0. The predicted octanol–water partition coefficient (Wildman–Crippen LogP) is 6.15. The molecule has 3 aromatic rings. The van der Waals surface area contributed by atoms with Crippen LogP contribution in [0.3, 0.4) is 0 Å². The van der Waals surface area contributed by atoms with E-state index < -0.39 is 16.6 Å². The van der Waals surface area contributed by atoms with Crippen LogP contribution in [0.1, 0.15) is 48.9 Å². The summed E-state index contributed by atoms with van der Waals surface area (Å²) in [6.07, 6.45) is 4.18. The molecule has 0 saturated heterocycles. The average molecular weight is 630 g/mol. The van der Waals surface area contributed by atoms with Gasteiger partial charge >= 0.3 is 5.97 Å². The van der Waals surface area contributed by atoms with E-state index in [0.717, 1.165) is 29.7 Å². The number of hydrogen-bond acceptors (Lipinski definition) is 6. The minimum absolute atomic E-state index is 0.0947. The van der Waals surface area contributed by atoms with E-state index in [-0.39, 0.29) is 11.3 Å². The zero-order chi connectivity index (χ0) is 29.0. The molecule has 0 bridgehead atoms. The van der Waals surface area contributed by atoms with E-state index in [1.807, 2.05) is 41.3 Å². The van der Waals surface area contributed by atoms with Gasteiger partial charge in [0.2, 0.25) is 0 Å². The average Bonchev–Trinajstić information content (AvgIpc) is 3.22. The van der Waals surface area contributed by atoms with Gasteiger partial charge in [0, 0.05) is 30.4 Å². The quantitative estimate of drug-likeness (QED) is 0.173. The minimum Gasteiger partial charge on any atom is -0.497 e. The van der Waals surface area contributed by atoms with Gasteiger partial charge in [-0.25, -0.2) is 4.79 Å². The molecule has 1 aliphatic heterocycles. The summed E-state index contributed by atoms with van der Waals surface area (Å²) in [4.78, 5) is 27.2. The third-order valence-corrected chi connectivity index (χ3v) is 8.28. The number of carboxylic acids is 1. The zero-order valence-corrected chi connectivity index (χ0v) is 25.3. The number of nitrogens with zero attached hydrogens (tertiary/aromatic N) is 2. The fourth-order valence-corrected chi connectivity index (χ4v) is 5.84. The van der Waals surface area contributed by atoms with Crippen molar-refractivity contribution >= 4 is 39.2 Å². The largest absolute Gasteiger partial charge is 0.497 e. The molecule has 1 aliphatic rings. The second-order valence-electron chi connectivity index (χ2n) is 9.95. The number of anilines is 1. The van der Waals surface area contributed by atoms with Crippen LogP contribution in [0.2, 0.25) is 5.02 Å². The SMILES string of the molecule is CCCCC1(Br)NC(C(Nc2cc(C)c(=O)n(C)c2)c2ccc(Cl)cc2)=C(C(=O)O)N1Cc1ccc(OC)cc1. The highest BCUT2D eigenvalue weighted by molar-refractivity contribution is 9.10. The van der Waals surface area contributed by atoms with Gasteiger partial charge in [-0.3, -0.25) is 4.79 Å². The van der Waals surface area contributed by atoms with Gasteiger partial charge in [-0.1, -0.05) is 49.2 Å². The van der Waals surface area contributed by atoms with Crippen LogP contribution in [-0.4, -0.2) is 32.2 Å². The third-order valence-electron chi connectivity index (χ3n) is 7.01. The molecule has 10 heteroatoms. The molecular formula is C30H34BrClN4O4. The van der Waals surface area contributed by atoms with E-state index in [9.17, 15) is 14.7 Å².